The van der Waals surface area contributed by atoms with Crippen LogP contribution < -0.4 is 15.5 Å². The highest BCUT2D eigenvalue weighted by atomic mass is 79.9. The molecule has 2 N–H and O–H groups in total. The number of rotatable bonds is 6. The van der Waals surface area contributed by atoms with Crippen LogP contribution in [0, 0.1) is 0 Å². The highest BCUT2D eigenvalue weighted by Crippen LogP contribution is 2.44. The number of thiophene rings is 1. The van der Waals surface area contributed by atoms with Crippen LogP contribution in [0.5, 0.6) is 0 Å². The number of anilines is 2. The summed E-state index contributed by atoms with van der Waals surface area (Å²) in [6, 6.07) is 17.6. The van der Waals surface area contributed by atoms with Gasteiger partial charge in [0.1, 0.15) is 6.61 Å². The van der Waals surface area contributed by atoms with E-state index in [9.17, 15) is 4.79 Å². The van der Waals surface area contributed by atoms with E-state index < -0.39 is 0 Å². The van der Waals surface area contributed by atoms with Gasteiger partial charge in [0.2, 0.25) is 5.91 Å². The third-order valence-corrected chi connectivity index (χ3v) is 6.70. The molecular weight excluding hydrogens is 484 g/mol. The van der Waals surface area contributed by atoms with Gasteiger partial charge in [0.25, 0.3) is 0 Å². The Kier molecular flexibility index (Phi) is 6.43. The van der Waals surface area contributed by atoms with Crippen LogP contribution in [-0.2, 0) is 9.53 Å². The highest BCUT2D eigenvalue weighted by molar-refractivity contribution is 9.11. The average Bonchev–Trinajstić information content (AvgIpc) is 3.32. The summed E-state index contributed by atoms with van der Waals surface area (Å²) in [5.41, 5.74) is 2.57. The van der Waals surface area contributed by atoms with Gasteiger partial charge in [-0.15, -0.1) is 11.3 Å². The SMILES string of the molecule is COCC(=O)Nc1ccc(N2C(=S)N[C@@H](c3ccccn3)[C@@H]2c2ccc(Br)s2)cc1. The molecule has 1 fully saturated rings. The molecule has 3 aromatic rings. The van der Waals surface area contributed by atoms with Crippen LogP contribution in [0.15, 0.2) is 64.6 Å². The lowest BCUT2D eigenvalue weighted by atomic mass is 10.0. The van der Waals surface area contributed by atoms with Crippen LogP contribution in [0.4, 0.5) is 11.4 Å². The minimum atomic E-state index is -0.194. The van der Waals surface area contributed by atoms with Crippen LogP contribution in [0.25, 0.3) is 0 Å². The van der Waals surface area contributed by atoms with Gasteiger partial charge in [-0.05, 0) is 76.7 Å². The van der Waals surface area contributed by atoms with Crippen molar-refractivity contribution in [2.24, 2.45) is 0 Å². The van der Waals surface area contributed by atoms with Gasteiger partial charge in [0.05, 0.1) is 21.6 Å². The Balaban J connectivity index is 1.67. The molecule has 0 bridgehead atoms. The fraction of sp³-hybridized carbons (Fsp3) is 0.190. The van der Waals surface area contributed by atoms with E-state index >= 15 is 0 Å². The number of nitrogens with zero attached hydrogens (tertiary/aromatic N) is 2. The van der Waals surface area contributed by atoms with E-state index in [1.165, 1.54) is 12.0 Å². The maximum atomic E-state index is 11.8. The van der Waals surface area contributed by atoms with E-state index in [0.29, 0.717) is 10.8 Å². The smallest absolute Gasteiger partial charge is 0.250 e. The van der Waals surface area contributed by atoms with E-state index in [1.54, 1.807) is 17.5 Å². The molecular formula is C21H19BrN4O2S2. The van der Waals surface area contributed by atoms with Crippen LogP contribution >= 0.6 is 39.5 Å². The summed E-state index contributed by atoms with van der Waals surface area (Å²) >= 11 is 11.0. The Labute approximate surface area is 192 Å². The van der Waals surface area contributed by atoms with Gasteiger partial charge in [-0.25, -0.2) is 0 Å². The molecule has 1 aliphatic heterocycles. The minimum Gasteiger partial charge on any atom is -0.375 e. The van der Waals surface area contributed by atoms with Gasteiger partial charge in [-0.2, -0.15) is 0 Å². The molecule has 2 aromatic heterocycles. The molecule has 6 nitrogen and oxygen atoms in total. The molecule has 4 rings (SSSR count). The molecule has 3 heterocycles. The number of aromatic nitrogens is 1. The molecule has 0 unspecified atom stereocenters. The molecule has 1 saturated heterocycles. The topological polar surface area (TPSA) is 66.5 Å². The summed E-state index contributed by atoms with van der Waals surface area (Å²) < 4.78 is 5.92. The van der Waals surface area contributed by atoms with Gasteiger partial charge in [0.15, 0.2) is 5.11 Å². The van der Waals surface area contributed by atoms with Crippen molar-refractivity contribution >= 4 is 61.9 Å². The number of hydrogen-bond donors (Lipinski definition) is 2. The second-order valence-electron chi connectivity index (χ2n) is 6.67. The standard InChI is InChI=1S/C21H19BrN4O2S2/c1-28-12-18(27)24-13-5-7-14(8-6-13)26-20(16-9-10-17(22)30-16)19(25-21(26)29)15-4-2-3-11-23-15/h2-11,19-20H,12H2,1H3,(H,24,27)(H,25,29)/t19-,20-/m0/s1. The third-order valence-electron chi connectivity index (χ3n) is 4.69. The molecule has 0 spiro atoms. The molecule has 154 valence electrons. The summed E-state index contributed by atoms with van der Waals surface area (Å²) in [5, 5.41) is 6.88. The van der Waals surface area contributed by atoms with Crippen LogP contribution in [0.3, 0.4) is 0 Å². The van der Waals surface area contributed by atoms with E-state index in [4.69, 9.17) is 17.0 Å². The third kappa shape index (κ3) is 4.39. The predicted octanol–water partition coefficient (Wildman–Crippen LogP) is 4.67. The largest absolute Gasteiger partial charge is 0.375 e. The number of hydrogen-bond acceptors (Lipinski definition) is 5. The molecule has 9 heteroatoms. The molecule has 30 heavy (non-hydrogen) atoms. The number of amides is 1. The summed E-state index contributed by atoms with van der Waals surface area (Å²) in [6.45, 7) is 0.0168. The normalized spacial score (nSPS) is 18.3. The first-order valence-corrected chi connectivity index (χ1v) is 11.2. The first-order chi connectivity index (χ1) is 14.6. The second kappa shape index (κ2) is 9.22. The lowest BCUT2D eigenvalue weighted by molar-refractivity contribution is -0.119. The molecule has 1 aliphatic rings. The number of nitrogens with one attached hydrogen (secondary N) is 2. The molecule has 1 amide bonds. The van der Waals surface area contributed by atoms with E-state index in [2.05, 4.69) is 42.5 Å². The Bertz CT molecular complexity index is 1040. The second-order valence-corrected chi connectivity index (χ2v) is 9.55. The Morgan fingerprint density at radius 1 is 1.27 bits per heavy atom. The molecule has 2 atom stereocenters. The summed E-state index contributed by atoms with van der Waals surface area (Å²) in [5.74, 6) is -0.194. The number of methoxy groups -OCH3 is 1. The lowest BCUT2D eigenvalue weighted by Crippen LogP contribution is -2.29. The van der Waals surface area contributed by atoms with Crippen molar-refractivity contribution in [3.05, 3.63) is 75.2 Å². The highest BCUT2D eigenvalue weighted by Gasteiger charge is 2.41. The molecule has 0 radical (unpaired) electrons. The van der Waals surface area contributed by atoms with Crippen molar-refractivity contribution in [3.63, 3.8) is 0 Å². The van der Waals surface area contributed by atoms with Crippen LogP contribution in [-0.4, -0.2) is 29.7 Å². The van der Waals surface area contributed by atoms with Gasteiger partial charge >= 0.3 is 0 Å². The van der Waals surface area contributed by atoms with Gasteiger partial charge in [-0.1, -0.05) is 6.07 Å². The molecule has 0 aliphatic carbocycles. The van der Waals surface area contributed by atoms with Crippen molar-refractivity contribution in [2.45, 2.75) is 12.1 Å². The Morgan fingerprint density at radius 2 is 2.07 bits per heavy atom. The summed E-state index contributed by atoms with van der Waals surface area (Å²) in [4.78, 5) is 19.6. The zero-order chi connectivity index (χ0) is 21.1. The molecule has 0 saturated carbocycles. The first-order valence-electron chi connectivity index (χ1n) is 9.21. The van der Waals surface area contributed by atoms with Crippen molar-refractivity contribution < 1.29 is 9.53 Å². The van der Waals surface area contributed by atoms with Crippen molar-refractivity contribution in [1.29, 1.82) is 0 Å². The monoisotopic (exact) mass is 502 g/mol. The zero-order valence-corrected chi connectivity index (χ0v) is 19.3. The number of benzene rings is 1. The maximum Gasteiger partial charge on any atom is 0.250 e. The average molecular weight is 503 g/mol. The number of thiocarbonyl (C=S) groups is 1. The predicted molar refractivity (Wildman–Crippen MR) is 127 cm³/mol. The van der Waals surface area contributed by atoms with Gasteiger partial charge in [0, 0.05) is 29.6 Å². The first kappa shape index (κ1) is 20.9. The maximum absolute atomic E-state index is 11.8. The summed E-state index contributed by atoms with van der Waals surface area (Å²) in [6.07, 6.45) is 1.79. The van der Waals surface area contributed by atoms with E-state index in [0.717, 1.165) is 15.2 Å². The minimum absolute atomic E-state index is 0.0168. The number of ether oxygens (including phenoxy) is 1. The summed E-state index contributed by atoms with van der Waals surface area (Å²) in [7, 11) is 1.49. The zero-order valence-electron chi connectivity index (χ0n) is 16.0. The van der Waals surface area contributed by atoms with Crippen LogP contribution in [0.2, 0.25) is 0 Å². The molecule has 1 aromatic carbocycles. The fourth-order valence-electron chi connectivity index (χ4n) is 3.44. The number of carbonyl (C=O) groups excluding carboxylic acids is 1. The number of pyridine rings is 1. The quantitative estimate of drug-likeness (QED) is 0.477. The van der Waals surface area contributed by atoms with Crippen molar-refractivity contribution in [2.75, 3.05) is 23.9 Å². The Hall–Kier alpha value is -2.33. The lowest BCUT2D eigenvalue weighted by Gasteiger charge is -2.27. The van der Waals surface area contributed by atoms with Gasteiger partial charge < -0.3 is 20.3 Å². The van der Waals surface area contributed by atoms with Crippen LogP contribution in [0.1, 0.15) is 22.7 Å². The number of carbonyl (C=O) groups is 1. The van der Waals surface area contributed by atoms with E-state index in [-0.39, 0.29) is 24.6 Å². The van der Waals surface area contributed by atoms with Crippen molar-refractivity contribution in [1.82, 2.24) is 10.3 Å². The number of halogens is 1. The fourth-order valence-corrected chi connectivity index (χ4v) is 5.34. The van der Waals surface area contributed by atoms with E-state index in [1.807, 2.05) is 48.5 Å². The Morgan fingerprint density at radius 3 is 2.70 bits per heavy atom. The van der Waals surface area contributed by atoms with Gasteiger partial charge in [-0.3, -0.25) is 9.78 Å². The van der Waals surface area contributed by atoms with Crippen molar-refractivity contribution in [3.8, 4) is 0 Å².